The first-order valence-corrected chi connectivity index (χ1v) is 8.95. The third-order valence-electron chi connectivity index (χ3n) is 3.70. The first kappa shape index (κ1) is 22.9. The van der Waals surface area contributed by atoms with E-state index in [0.29, 0.717) is 18.8 Å². The van der Waals surface area contributed by atoms with Crippen LogP contribution in [0.2, 0.25) is 0 Å². The third kappa shape index (κ3) is 8.42. The van der Waals surface area contributed by atoms with E-state index >= 15 is 0 Å². The van der Waals surface area contributed by atoms with Crippen molar-refractivity contribution in [3.63, 3.8) is 0 Å². The number of aliphatic imine (C=N–C) groups is 1. The topological polar surface area (TPSA) is 91.5 Å². The average Bonchev–Trinajstić information content (AvgIpc) is 3.08. The summed E-state index contributed by atoms with van der Waals surface area (Å²) >= 11 is 0. The standard InChI is InChI=1S/C19H27N5O2.HI/c1-3-20-19(24-13-8-16-7-4-5-10-21-16)23-12-6-11-22-18(25)17-15(2)9-14-26-17;/h4-5,7,9-10,14H,3,6,8,11-13H2,1-2H3,(H,22,25)(H2,20,23,24);1H. The van der Waals surface area contributed by atoms with Crippen molar-refractivity contribution in [1.82, 2.24) is 20.9 Å². The number of furan rings is 1. The highest BCUT2D eigenvalue weighted by Gasteiger charge is 2.11. The fraction of sp³-hybridized carbons (Fsp3) is 0.421. The molecule has 0 atom stereocenters. The maximum Gasteiger partial charge on any atom is 0.287 e. The second-order valence-electron chi connectivity index (χ2n) is 5.80. The van der Waals surface area contributed by atoms with Crippen LogP contribution >= 0.6 is 24.0 Å². The first-order valence-electron chi connectivity index (χ1n) is 8.95. The highest BCUT2D eigenvalue weighted by molar-refractivity contribution is 14.0. The van der Waals surface area contributed by atoms with E-state index < -0.39 is 0 Å². The Hall–Kier alpha value is -2.10. The highest BCUT2D eigenvalue weighted by atomic mass is 127. The molecule has 0 aromatic carbocycles. The van der Waals surface area contributed by atoms with Gasteiger partial charge in [0.1, 0.15) is 0 Å². The molecule has 0 saturated carbocycles. The predicted molar refractivity (Wildman–Crippen MR) is 118 cm³/mol. The van der Waals surface area contributed by atoms with Gasteiger partial charge in [0.2, 0.25) is 0 Å². The monoisotopic (exact) mass is 485 g/mol. The van der Waals surface area contributed by atoms with Crippen molar-refractivity contribution < 1.29 is 9.21 Å². The first-order chi connectivity index (χ1) is 12.7. The molecule has 3 N–H and O–H groups in total. The summed E-state index contributed by atoms with van der Waals surface area (Å²) in [6, 6.07) is 7.68. The van der Waals surface area contributed by atoms with E-state index in [2.05, 4.69) is 25.9 Å². The van der Waals surface area contributed by atoms with Crippen LogP contribution in [-0.4, -0.2) is 43.0 Å². The molecule has 8 heteroatoms. The summed E-state index contributed by atoms with van der Waals surface area (Å²) in [4.78, 5) is 20.8. The van der Waals surface area contributed by atoms with E-state index in [1.165, 1.54) is 6.26 Å². The van der Waals surface area contributed by atoms with Crippen LogP contribution in [-0.2, 0) is 6.42 Å². The summed E-state index contributed by atoms with van der Waals surface area (Å²) in [5.41, 5.74) is 1.89. The van der Waals surface area contributed by atoms with Gasteiger partial charge in [-0.05, 0) is 38.5 Å². The Morgan fingerprint density at radius 2 is 2.04 bits per heavy atom. The molecule has 1 amide bonds. The molecule has 2 aromatic heterocycles. The number of carbonyl (C=O) groups is 1. The van der Waals surface area contributed by atoms with Gasteiger partial charge in [0, 0.05) is 50.1 Å². The molecule has 0 radical (unpaired) electrons. The highest BCUT2D eigenvalue weighted by Crippen LogP contribution is 2.07. The van der Waals surface area contributed by atoms with Crippen LogP contribution in [0.15, 0.2) is 46.1 Å². The largest absolute Gasteiger partial charge is 0.459 e. The normalized spacial score (nSPS) is 10.8. The number of aromatic nitrogens is 1. The Bertz CT molecular complexity index is 703. The minimum absolute atomic E-state index is 0. The van der Waals surface area contributed by atoms with Gasteiger partial charge in [0.15, 0.2) is 11.7 Å². The molecule has 0 saturated heterocycles. The Kier molecular flexibility index (Phi) is 11.2. The lowest BCUT2D eigenvalue weighted by Gasteiger charge is -2.11. The zero-order valence-corrected chi connectivity index (χ0v) is 18.2. The number of pyridine rings is 1. The molecular formula is C19H28IN5O2. The molecule has 0 bridgehead atoms. The van der Waals surface area contributed by atoms with Crippen LogP contribution in [0.1, 0.15) is 35.2 Å². The van der Waals surface area contributed by atoms with Gasteiger partial charge < -0.3 is 20.4 Å². The SMILES string of the molecule is CCNC(=NCCCNC(=O)c1occc1C)NCCc1ccccn1.I. The van der Waals surface area contributed by atoms with Crippen molar-refractivity contribution in [2.75, 3.05) is 26.2 Å². The summed E-state index contributed by atoms with van der Waals surface area (Å²) in [7, 11) is 0. The Labute approximate surface area is 177 Å². The number of aryl methyl sites for hydroxylation is 1. The molecule has 2 heterocycles. The fourth-order valence-corrected chi connectivity index (χ4v) is 2.35. The second kappa shape index (κ2) is 13.1. The summed E-state index contributed by atoms with van der Waals surface area (Å²) < 4.78 is 5.17. The van der Waals surface area contributed by atoms with Gasteiger partial charge in [-0.2, -0.15) is 0 Å². The van der Waals surface area contributed by atoms with Gasteiger partial charge in [-0.3, -0.25) is 14.8 Å². The van der Waals surface area contributed by atoms with E-state index in [1.807, 2.05) is 32.0 Å². The Morgan fingerprint density at radius 3 is 2.70 bits per heavy atom. The zero-order chi connectivity index (χ0) is 18.6. The van der Waals surface area contributed by atoms with Crippen LogP contribution in [0.25, 0.3) is 0 Å². The van der Waals surface area contributed by atoms with Gasteiger partial charge in [-0.25, -0.2) is 0 Å². The third-order valence-corrected chi connectivity index (χ3v) is 3.70. The summed E-state index contributed by atoms with van der Waals surface area (Å²) in [5, 5.41) is 9.36. The number of hydrogen-bond donors (Lipinski definition) is 3. The number of guanidine groups is 1. The van der Waals surface area contributed by atoms with Crippen molar-refractivity contribution in [3.05, 3.63) is 53.7 Å². The van der Waals surface area contributed by atoms with Crippen molar-refractivity contribution in [1.29, 1.82) is 0 Å². The maximum atomic E-state index is 11.9. The van der Waals surface area contributed by atoms with Crippen LogP contribution in [0.3, 0.4) is 0 Å². The molecule has 0 aliphatic heterocycles. The average molecular weight is 485 g/mol. The molecule has 0 aliphatic rings. The molecule has 0 fully saturated rings. The van der Waals surface area contributed by atoms with Crippen molar-refractivity contribution in [2.24, 2.45) is 4.99 Å². The molecule has 148 valence electrons. The number of nitrogens with zero attached hydrogens (tertiary/aromatic N) is 2. The molecular weight excluding hydrogens is 457 g/mol. The second-order valence-corrected chi connectivity index (χ2v) is 5.80. The lowest BCUT2D eigenvalue weighted by Crippen LogP contribution is -2.38. The summed E-state index contributed by atoms with van der Waals surface area (Å²) in [6.45, 7) is 6.61. The van der Waals surface area contributed by atoms with Gasteiger partial charge in [-0.15, -0.1) is 24.0 Å². The van der Waals surface area contributed by atoms with Crippen molar-refractivity contribution in [3.8, 4) is 0 Å². The number of halogens is 1. The van der Waals surface area contributed by atoms with Crippen LogP contribution in [0, 0.1) is 6.92 Å². The molecule has 27 heavy (non-hydrogen) atoms. The van der Waals surface area contributed by atoms with Gasteiger partial charge >= 0.3 is 0 Å². The van der Waals surface area contributed by atoms with Crippen LogP contribution in [0.5, 0.6) is 0 Å². The van der Waals surface area contributed by atoms with Crippen LogP contribution in [0.4, 0.5) is 0 Å². The molecule has 2 rings (SSSR count). The Balaban J connectivity index is 0.00000364. The molecule has 2 aromatic rings. The van der Waals surface area contributed by atoms with Crippen molar-refractivity contribution >= 4 is 35.8 Å². The van der Waals surface area contributed by atoms with Crippen LogP contribution < -0.4 is 16.0 Å². The number of amides is 1. The van der Waals surface area contributed by atoms with E-state index in [1.54, 1.807) is 12.3 Å². The molecule has 0 aliphatic carbocycles. The fourth-order valence-electron chi connectivity index (χ4n) is 2.35. The lowest BCUT2D eigenvalue weighted by atomic mass is 10.2. The summed E-state index contributed by atoms with van der Waals surface area (Å²) in [6.07, 6.45) is 4.91. The number of nitrogens with one attached hydrogen (secondary N) is 3. The lowest BCUT2D eigenvalue weighted by molar-refractivity contribution is 0.0925. The minimum atomic E-state index is -0.183. The number of hydrogen-bond acceptors (Lipinski definition) is 4. The quantitative estimate of drug-likeness (QED) is 0.220. The summed E-state index contributed by atoms with van der Waals surface area (Å²) in [5.74, 6) is 0.964. The molecule has 0 spiro atoms. The predicted octanol–water partition coefficient (Wildman–Crippen LogP) is 2.52. The van der Waals surface area contributed by atoms with E-state index in [-0.39, 0.29) is 29.9 Å². The maximum absolute atomic E-state index is 11.9. The van der Waals surface area contributed by atoms with Gasteiger partial charge in [-0.1, -0.05) is 6.07 Å². The zero-order valence-electron chi connectivity index (χ0n) is 15.8. The minimum Gasteiger partial charge on any atom is -0.459 e. The number of carbonyl (C=O) groups excluding carboxylic acids is 1. The van der Waals surface area contributed by atoms with E-state index in [0.717, 1.165) is 43.1 Å². The van der Waals surface area contributed by atoms with Gasteiger partial charge in [0.25, 0.3) is 5.91 Å². The smallest absolute Gasteiger partial charge is 0.287 e. The van der Waals surface area contributed by atoms with E-state index in [9.17, 15) is 4.79 Å². The molecule has 0 unspecified atom stereocenters. The van der Waals surface area contributed by atoms with Gasteiger partial charge in [0.05, 0.1) is 6.26 Å². The van der Waals surface area contributed by atoms with E-state index in [4.69, 9.17) is 4.42 Å². The Morgan fingerprint density at radius 1 is 1.19 bits per heavy atom. The molecule has 7 nitrogen and oxygen atoms in total. The van der Waals surface area contributed by atoms with Crippen molar-refractivity contribution in [2.45, 2.75) is 26.7 Å². The number of rotatable bonds is 9.